The van der Waals surface area contributed by atoms with Gasteiger partial charge >= 0.3 is 12.5 Å². The minimum atomic E-state index is -4.86. The molecule has 1 unspecified atom stereocenters. The van der Waals surface area contributed by atoms with Gasteiger partial charge in [-0.05, 0) is 67.3 Å². The second-order valence-electron chi connectivity index (χ2n) is 10.7. The van der Waals surface area contributed by atoms with Crippen molar-refractivity contribution in [1.82, 2.24) is 9.55 Å². The summed E-state index contributed by atoms with van der Waals surface area (Å²) in [5, 5.41) is 9.90. The van der Waals surface area contributed by atoms with Gasteiger partial charge in [-0.3, -0.25) is 4.79 Å². The van der Waals surface area contributed by atoms with E-state index in [1.807, 2.05) is 6.07 Å². The maximum atomic E-state index is 13.6. The molecule has 44 heavy (non-hydrogen) atoms. The summed E-state index contributed by atoms with van der Waals surface area (Å²) in [5.74, 6) is -0.860. The Labute approximate surface area is 247 Å². The van der Waals surface area contributed by atoms with Gasteiger partial charge in [0, 0.05) is 6.20 Å². The van der Waals surface area contributed by atoms with Gasteiger partial charge in [-0.1, -0.05) is 47.7 Å². The highest BCUT2D eigenvalue weighted by atomic mass is 19.4. The molecule has 1 aliphatic rings. The number of hydrogen-bond acceptors (Lipinski definition) is 6. The maximum absolute atomic E-state index is 13.6. The number of amides is 1. The van der Waals surface area contributed by atoms with Crippen LogP contribution < -0.4 is 15.5 Å². The Morgan fingerprint density at radius 3 is 2.23 bits per heavy atom. The van der Waals surface area contributed by atoms with Crippen LogP contribution in [-0.2, 0) is 16.4 Å². The Morgan fingerprint density at radius 1 is 0.932 bits per heavy atom. The number of primary amides is 1. The Hall–Kier alpha value is -4.88. The van der Waals surface area contributed by atoms with E-state index >= 15 is 0 Å². The fourth-order valence-corrected chi connectivity index (χ4v) is 4.85. The van der Waals surface area contributed by atoms with Gasteiger partial charge in [0.15, 0.2) is 5.69 Å². The minimum Gasteiger partial charge on any atom is -0.406 e. The molecule has 2 heterocycles. The van der Waals surface area contributed by atoms with Gasteiger partial charge in [0.2, 0.25) is 5.91 Å². The van der Waals surface area contributed by atoms with Crippen LogP contribution in [0.3, 0.4) is 0 Å². The van der Waals surface area contributed by atoms with Gasteiger partial charge in [0.1, 0.15) is 17.6 Å². The maximum Gasteiger partial charge on any atom is 0.573 e. The molecule has 8 nitrogen and oxygen atoms in total. The van der Waals surface area contributed by atoms with Crippen molar-refractivity contribution in [3.63, 3.8) is 0 Å². The van der Waals surface area contributed by atoms with E-state index in [0.29, 0.717) is 33.6 Å². The number of carbonyl (C=O) groups is 1. The molecule has 4 aromatic rings. The topological polar surface area (TPSA) is 98.1 Å². The standard InChI is InChI=1S/C30H26F6N6O2/c1-17-39-26(29(31,32)33)16-41(17)23-12-9-20(19-5-4-6-21(13-19)28(2,3)27(37)43)14-24(23)42-25(15-38-40-42)18-7-10-22(11-8-18)44-30(34,35)36/h4-14,16,25H,15H2,1-3H3,(H2,37,43). The number of nitrogens with zero attached hydrogens (tertiary/aromatic N) is 5. The van der Waals surface area contributed by atoms with Gasteiger partial charge < -0.3 is 15.0 Å². The Kier molecular flexibility index (Phi) is 7.64. The van der Waals surface area contributed by atoms with E-state index in [9.17, 15) is 31.1 Å². The van der Waals surface area contributed by atoms with E-state index in [1.54, 1.807) is 50.2 Å². The summed E-state index contributed by atoms with van der Waals surface area (Å²) in [6, 6.07) is 16.8. The third kappa shape index (κ3) is 6.10. The minimum absolute atomic E-state index is 0.0675. The summed E-state index contributed by atoms with van der Waals surface area (Å²) < 4.78 is 84.0. The second kappa shape index (κ2) is 11.0. The van der Waals surface area contributed by atoms with Crippen molar-refractivity contribution in [3.05, 3.63) is 95.6 Å². The van der Waals surface area contributed by atoms with Crippen LogP contribution in [0, 0.1) is 6.92 Å². The van der Waals surface area contributed by atoms with Crippen LogP contribution in [0.25, 0.3) is 16.8 Å². The van der Waals surface area contributed by atoms with Crippen LogP contribution in [0.4, 0.5) is 32.0 Å². The van der Waals surface area contributed by atoms with Gasteiger partial charge in [-0.25, -0.2) is 9.99 Å². The van der Waals surface area contributed by atoms with Crippen LogP contribution in [0.5, 0.6) is 5.75 Å². The van der Waals surface area contributed by atoms with E-state index in [4.69, 9.17) is 5.73 Å². The van der Waals surface area contributed by atoms with Gasteiger partial charge in [-0.15, -0.1) is 13.2 Å². The molecule has 5 rings (SSSR count). The molecular weight excluding hydrogens is 590 g/mol. The normalized spacial score (nSPS) is 15.6. The van der Waals surface area contributed by atoms with Crippen molar-refractivity contribution < 1.29 is 35.9 Å². The number of aromatic nitrogens is 2. The van der Waals surface area contributed by atoms with Crippen molar-refractivity contribution >= 4 is 11.6 Å². The average molecular weight is 617 g/mol. The van der Waals surface area contributed by atoms with E-state index < -0.39 is 41.3 Å². The van der Waals surface area contributed by atoms with Crippen LogP contribution in [0.1, 0.15) is 42.5 Å². The van der Waals surface area contributed by atoms with E-state index in [-0.39, 0.29) is 12.4 Å². The summed E-state index contributed by atoms with van der Waals surface area (Å²) in [7, 11) is 0. The molecule has 230 valence electrons. The predicted molar refractivity (Wildman–Crippen MR) is 149 cm³/mol. The molecular formula is C30H26F6N6O2. The number of imidazole rings is 1. The number of aryl methyl sites for hydroxylation is 1. The first-order chi connectivity index (χ1) is 20.5. The fourth-order valence-electron chi connectivity index (χ4n) is 4.85. The summed E-state index contributed by atoms with van der Waals surface area (Å²) in [5.41, 5.74) is 6.79. The predicted octanol–water partition coefficient (Wildman–Crippen LogP) is 7.46. The van der Waals surface area contributed by atoms with Crippen molar-refractivity contribution in [3.8, 4) is 22.6 Å². The van der Waals surface area contributed by atoms with E-state index in [1.165, 1.54) is 28.6 Å². The number of nitrogens with two attached hydrogens (primary N) is 1. The number of anilines is 1. The number of carbonyl (C=O) groups excluding carboxylic acids is 1. The summed E-state index contributed by atoms with van der Waals surface area (Å²) >= 11 is 0. The number of hydrogen-bond donors (Lipinski definition) is 1. The van der Waals surface area contributed by atoms with Gasteiger partial charge in [-0.2, -0.15) is 18.3 Å². The molecule has 0 spiro atoms. The highest BCUT2D eigenvalue weighted by Crippen LogP contribution is 2.41. The first-order valence-electron chi connectivity index (χ1n) is 13.3. The lowest BCUT2D eigenvalue weighted by atomic mass is 9.82. The molecule has 3 aromatic carbocycles. The Bertz CT molecular complexity index is 1730. The highest BCUT2D eigenvalue weighted by molar-refractivity contribution is 5.86. The molecule has 14 heteroatoms. The first-order valence-corrected chi connectivity index (χ1v) is 13.3. The molecule has 1 atom stereocenters. The van der Waals surface area contributed by atoms with Crippen LogP contribution >= 0.6 is 0 Å². The molecule has 1 aromatic heterocycles. The number of benzene rings is 3. The monoisotopic (exact) mass is 616 g/mol. The van der Waals surface area contributed by atoms with Crippen LogP contribution in [-0.4, -0.2) is 28.4 Å². The zero-order valence-corrected chi connectivity index (χ0v) is 23.6. The molecule has 0 bridgehead atoms. The molecule has 0 saturated carbocycles. The van der Waals surface area contributed by atoms with Crippen LogP contribution in [0.2, 0.25) is 0 Å². The lowest BCUT2D eigenvalue weighted by Gasteiger charge is -2.26. The zero-order valence-electron chi connectivity index (χ0n) is 23.6. The summed E-state index contributed by atoms with van der Waals surface area (Å²) in [4.78, 5) is 15.8. The number of ether oxygens (including phenoxy) is 1. The largest absolute Gasteiger partial charge is 0.573 e. The van der Waals surface area contributed by atoms with Gasteiger partial charge in [0.05, 0.1) is 23.3 Å². The molecule has 1 aliphatic heterocycles. The zero-order chi connectivity index (χ0) is 32.0. The van der Waals surface area contributed by atoms with Crippen molar-refractivity contribution in [2.45, 2.75) is 44.8 Å². The third-order valence-electron chi connectivity index (χ3n) is 7.40. The van der Waals surface area contributed by atoms with E-state index in [0.717, 1.165) is 18.3 Å². The first kappa shape index (κ1) is 30.6. The van der Waals surface area contributed by atoms with Crippen molar-refractivity contribution in [2.24, 2.45) is 16.1 Å². The average Bonchev–Trinajstić information content (AvgIpc) is 3.59. The molecule has 0 saturated heterocycles. The van der Waals surface area contributed by atoms with Crippen LogP contribution in [0.15, 0.2) is 83.3 Å². The number of alkyl halides is 6. The Balaban J connectivity index is 1.62. The quantitative estimate of drug-likeness (QED) is 0.218. The molecule has 2 N–H and O–H groups in total. The summed E-state index contributed by atoms with van der Waals surface area (Å²) in [6.07, 6.45) is -8.65. The SMILES string of the molecule is Cc1nc(C(F)(F)F)cn1-c1ccc(-c2cccc(C(C)(C)C(N)=O)c2)cc1N1N=NCC1c1ccc(OC(F)(F)F)cc1. The number of halogens is 6. The fraction of sp³-hybridized carbons (Fsp3) is 0.267. The lowest BCUT2D eigenvalue weighted by molar-refractivity contribution is -0.274. The Morgan fingerprint density at radius 2 is 1.61 bits per heavy atom. The van der Waals surface area contributed by atoms with Gasteiger partial charge in [0.25, 0.3) is 0 Å². The smallest absolute Gasteiger partial charge is 0.406 e. The summed E-state index contributed by atoms with van der Waals surface area (Å²) in [6.45, 7) is 4.96. The molecule has 1 amide bonds. The molecule has 0 aliphatic carbocycles. The van der Waals surface area contributed by atoms with Crippen molar-refractivity contribution in [1.29, 1.82) is 0 Å². The molecule has 0 fully saturated rings. The highest BCUT2D eigenvalue weighted by Gasteiger charge is 2.36. The second-order valence-corrected chi connectivity index (χ2v) is 10.7. The number of rotatable bonds is 7. The molecule has 0 radical (unpaired) electrons. The third-order valence-corrected chi connectivity index (χ3v) is 7.40. The van der Waals surface area contributed by atoms with E-state index in [2.05, 4.69) is 20.1 Å². The lowest BCUT2D eigenvalue weighted by Crippen LogP contribution is -2.35. The van der Waals surface area contributed by atoms with Crippen molar-refractivity contribution in [2.75, 3.05) is 11.6 Å².